The van der Waals surface area contributed by atoms with Crippen LogP contribution in [0.25, 0.3) is 0 Å². The van der Waals surface area contributed by atoms with Gasteiger partial charge in [-0.2, -0.15) is 0 Å². The van der Waals surface area contributed by atoms with Gasteiger partial charge in [-0.25, -0.2) is 0 Å². The molecule has 0 spiro atoms. The molecule has 0 bridgehead atoms. The summed E-state index contributed by atoms with van der Waals surface area (Å²) in [7, 11) is 3.15. The first-order chi connectivity index (χ1) is 10.2. The summed E-state index contributed by atoms with van der Waals surface area (Å²) in [5.74, 6) is 1.25. The van der Waals surface area contributed by atoms with Crippen LogP contribution in [0.4, 0.5) is 0 Å². The van der Waals surface area contributed by atoms with Crippen LogP contribution in [-0.4, -0.2) is 25.4 Å². The SMILES string of the molecule is COc1ccc(C(O)C(N)Cc2ccccc2)c(OC)c1. The molecule has 2 unspecified atom stereocenters. The summed E-state index contributed by atoms with van der Waals surface area (Å²) >= 11 is 0. The van der Waals surface area contributed by atoms with Crippen LogP contribution in [0.2, 0.25) is 0 Å². The van der Waals surface area contributed by atoms with Gasteiger partial charge in [-0.3, -0.25) is 0 Å². The van der Waals surface area contributed by atoms with E-state index in [2.05, 4.69) is 0 Å². The highest BCUT2D eigenvalue weighted by Crippen LogP contribution is 2.31. The zero-order valence-electron chi connectivity index (χ0n) is 12.3. The van der Waals surface area contributed by atoms with Crippen LogP contribution in [0.1, 0.15) is 17.2 Å². The third-order valence-electron chi connectivity index (χ3n) is 3.48. The topological polar surface area (TPSA) is 64.7 Å². The van der Waals surface area contributed by atoms with Crippen molar-refractivity contribution < 1.29 is 14.6 Å². The number of benzene rings is 2. The molecule has 2 atom stereocenters. The van der Waals surface area contributed by atoms with E-state index in [1.165, 1.54) is 0 Å². The predicted molar refractivity (Wildman–Crippen MR) is 82.6 cm³/mol. The van der Waals surface area contributed by atoms with Gasteiger partial charge in [-0.05, 0) is 24.1 Å². The lowest BCUT2D eigenvalue weighted by Gasteiger charge is -2.21. The predicted octanol–water partition coefficient (Wildman–Crippen LogP) is 2.31. The number of rotatable bonds is 6. The molecule has 0 fully saturated rings. The minimum absolute atomic E-state index is 0.408. The molecule has 0 aliphatic carbocycles. The molecule has 0 heterocycles. The van der Waals surface area contributed by atoms with Crippen molar-refractivity contribution in [3.63, 3.8) is 0 Å². The zero-order chi connectivity index (χ0) is 15.2. The van der Waals surface area contributed by atoms with Crippen LogP contribution in [-0.2, 0) is 6.42 Å². The number of methoxy groups -OCH3 is 2. The van der Waals surface area contributed by atoms with E-state index in [0.717, 1.165) is 5.56 Å². The Kier molecular flexibility index (Phi) is 5.20. The second kappa shape index (κ2) is 7.11. The van der Waals surface area contributed by atoms with E-state index in [9.17, 15) is 5.11 Å². The van der Waals surface area contributed by atoms with Gasteiger partial charge < -0.3 is 20.3 Å². The van der Waals surface area contributed by atoms with Crippen molar-refractivity contribution in [1.82, 2.24) is 0 Å². The quantitative estimate of drug-likeness (QED) is 0.855. The van der Waals surface area contributed by atoms with Crippen molar-refractivity contribution in [2.45, 2.75) is 18.6 Å². The molecular weight excluding hydrogens is 266 g/mol. The van der Waals surface area contributed by atoms with Crippen LogP contribution in [0, 0.1) is 0 Å². The van der Waals surface area contributed by atoms with E-state index in [0.29, 0.717) is 23.5 Å². The van der Waals surface area contributed by atoms with Crippen molar-refractivity contribution in [3.05, 3.63) is 59.7 Å². The highest BCUT2D eigenvalue weighted by molar-refractivity contribution is 5.42. The second-order valence-corrected chi connectivity index (χ2v) is 4.91. The van der Waals surface area contributed by atoms with Crippen molar-refractivity contribution >= 4 is 0 Å². The monoisotopic (exact) mass is 287 g/mol. The molecule has 2 aromatic rings. The van der Waals surface area contributed by atoms with Gasteiger partial charge in [0.1, 0.15) is 11.5 Å². The summed E-state index contributed by atoms with van der Waals surface area (Å²) in [4.78, 5) is 0. The number of hydrogen-bond acceptors (Lipinski definition) is 4. The van der Waals surface area contributed by atoms with Crippen molar-refractivity contribution in [3.8, 4) is 11.5 Å². The zero-order valence-corrected chi connectivity index (χ0v) is 12.3. The minimum atomic E-state index is -0.800. The molecule has 4 heteroatoms. The third kappa shape index (κ3) is 3.74. The summed E-state index contributed by atoms with van der Waals surface area (Å²) in [5.41, 5.74) is 7.90. The maximum Gasteiger partial charge on any atom is 0.128 e. The summed E-state index contributed by atoms with van der Waals surface area (Å²) in [6, 6.07) is 14.8. The fourth-order valence-corrected chi connectivity index (χ4v) is 2.29. The Morgan fingerprint density at radius 3 is 2.38 bits per heavy atom. The van der Waals surface area contributed by atoms with E-state index in [1.54, 1.807) is 32.4 Å². The minimum Gasteiger partial charge on any atom is -0.497 e. The summed E-state index contributed by atoms with van der Waals surface area (Å²) < 4.78 is 10.5. The normalized spacial score (nSPS) is 13.5. The van der Waals surface area contributed by atoms with Crippen LogP contribution in [0.5, 0.6) is 11.5 Å². The molecular formula is C17H21NO3. The van der Waals surface area contributed by atoms with Crippen molar-refractivity contribution in [2.75, 3.05) is 14.2 Å². The summed E-state index contributed by atoms with van der Waals surface area (Å²) in [6.07, 6.45) is -0.206. The first-order valence-corrected chi connectivity index (χ1v) is 6.85. The average molecular weight is 287 g/mol. The van der Waals surface area contributed by atoms with Gasteiger partial charge in [-0.1, -0.05) is 30.3 Å². The van der Waals surface area contributed by atoms with E-state index in [1.807, 2.05) is 30.3 Å². The highest BCUT2D eigenvalue weighted by Gasteiger charge is 2.21. The van der Waals surface area contributed by atoms with Crippen molar-refractivity contribution in [2.24, 2.45) is 5.73 Å². The number of aliphatic hydroxyl groups is 1. The van der Waals surface area contributed by atoms with Gasteiger partial charge in [0.25, 0.3) is 0 Å². The number of ether oxygens (including phenoxy) is 2. The highest BCUT2D eigenvalue weighted by atomic mass is 16.5. The largest absolute Gasteiger partial charge is 0.497 e. The number of hydrogen-bond donors (Lipinski definition) is 2. The lowest BCUT2D eigenvalue weighted by molar-refractivity contribution is 0.142. The van der Waals surface area contributed by atoms with Gasteiger partial charge >= 0.3 is 0 Å². The molecule has 0 radical (unpaired) electrons. The molecule has 112 valence electrons. The standard InChI is InChI=1S/C17H21NO3/c1-20-13-8-9-14(16(11-13)21-2)17(19)15(18)10-12-6-4-3-5-7-12/h3-9,11,15,17,19H,10,18H2,1-2H3. The Bertz CT molecular complexity index is 572. The molecule has 2 aromatic carbocycles. The maximum absolute atomic E-state index is 10.5. The molecule has 0 saturated heterocycles. The fourth-order valence-electron chi connectivity index (χ4n) is 2.29. The fraction of sp³-hybridized carbons (Fsp3) is 0.294. The number of nitrogens with two attached hydrogens (primary N) is 1. The lowest BCUT2D eigenvalue weighted by atomic mass is 9.96. The van der Waals surface area contributed by atoms with Crippen LogP contribution < -0.4 is 15.2 Å². The van der Waals surface area contributed by atoms with Gasteiger partial charge in [0.05, 0.1) is 20.3 Å². The number of aliphatic hydroxyl groups excluding tert-OH is 1. The first kappa shape index (κ1) is 15.4. The first-order valence-electron chi connectivity index (χ1n) is 6.85. The molecule has 0 aliphatic rings. The van der Waals surface area contributed by atoms with Crippen LogP contribution in [0.3, 0.4) is 0 Å². The molecule has 4 nitrogen and oxygen atoms in total. The summed E-state index contributed by atoms with van der Waals surface area (Å²) in [6.45, 7) is 0. The second-order valence-electron chi connectivity index (χ2n) is 4.91. The Labute approximate surface area is 125 Å². The molecule has 0 saturated carbocycles. The Morgan fingerprint density at radius 1 is 1.05 bits per heavy atom. The molecule has 21 heavy (non-hydrogen) atoms. The summed E-state index contributed by atoms with van der Waals surface area (Å²) in [5, 5.41) is 10.5. The van der Waals surface area contributed by atoms with Gasteiger partial charge in [0.2, 0.25) is 0 Å². The van der Waals surface area contributed by atoms with Crippen LogP contribution >= 0.6 is 0 Å². The maximum atomic E-state index is 10.5. The van der Waals surface area contributed by atoms with E-state index >= 15 is 0 Å². The van der Waals surface area contributed by atoms with Gasteiger partial charge in [-0.15, -0.1) is 0 Å². The smallest absolute Gasteiger partial charge is 0.128 e. The molecule has 0 aromatic heterocycles. The van der Waals surface area contributed by atoms with Crippen molar-refractivity contribution in [1.29, 1.82) is 0 Å². The van der Waals surface area contributed by atoms with E-state index < -0.39 is 12.1 Å². The van der Waals surface area contributed by atoms with E-state index in [-0.39, 0.29) is 0 Å². The lowest BCUT2D eigenvalue weighted by Crippen LogP contribution is -2.30. The molecule has 3 N–H and O–H groups in total. The molecule has 2 rings (SSSR count). The average Bonchev–Trinajstić information content (AvgIpc) is 2.54. The molecule has 0 aliphatic heterocycles. The van der Waals surface area contributed by atoms with Gasteiger partial charge in [0, 0.05) is 17.7 Å². The van der Waals surface area contributed by atoms with Gasteiger partial charge in [0.15, 0.2) is 0 Å². The molecule has 0 amide bonds. The van der Waals surface area contributed by atoms with Crippen LogP contribution in [0.15, 0.2) is 48.5 Å². The Balaban J connectivity index is 2.17. The third-order valence-corrected chi connectivity index (χ3v) is 3.48. The Morgan fingerprint density at radius 2 is 1.76 bits per heavy atom. The van der Waals surface area contributed by atoms with E-state index in [4.69, 9.17) is 15.2 Å². The Hall–Kier alpha value is -2.04.